The van der Waals surface area contributed by atoms with E-state index in [1.165, 1.54) is 56.1 Å². The van der Waals surface area contributed by atoms with Gasteiger partial charge < -0.3 is 30.7 Å². The first-order valence-electron chi connectivity index (χ1n) is 24.8. The number of hydrogen-bond donors (Lipinski definition) is 3. The Morgan fingerprint density at radius 3 is 1.47 bits per heavy atom. The number of carbonyl (C=O) groups excluding carboxylic acids is 6. The Labute approximate surface area is 392 Å². The van der Waals surface area contributed by atoms with Crippen LogP contribution in [0.5, 0.6) is 0 Å². The molecular formula is C54H72N6O6. The summed E-state index contributed by atoms with van der Waals surface area (Å²) in [5, 5.41) is 9.44. The van der Waals surface area contributed by atoms with Gasteiger partial charge in [-0.2, -0.15) is 0 Å². The summed E-state index contributed by atoms with van der Waals surface area (Å²) in [6.45, 7) is 9.02. The number of nitrogens with zero attached hydrogens (tertiary/aromatic N) is 3. The Balaban J connectivity index is 0.955. The van der Waals surface area contributed by atoms with Crippen molar-refractivity contribution in [2.75, 3.05) is 39.3 Å². The summed E-state index contributed by atoms with van der Waals surface area (Å²) >= 11 is 0. The highest BCUT2D eigenvalue weighted by Crippen LogP contribution is 2.43. The lowest BCUT2D eigenvalue weighted by atomic mass is 9.93. The van der Waals surface area contributed by atoms with Gasteiger partial charge in [-0.3, -0.25) is 28.8 Å². The van der Waals surface area contributed by atoms with Crippen LogP contribution in [0.25, 0.3) is 0 Å². The molecule has 0 bridgehead atoms. The van der Waals surface area contributed by atoms with Gasteiger partial charge in [-0.15, -0.1) is 0 Å². The number of piperazine rings is 1. The van der Waals surface area contributed by atoms with Crippen molar-refractivity contribution in [3.05, 3.63) is 107 Å². The topological polar surface area (TPSA) is 148 Å². The first-order valence-corrected chi connectivity index (χ1v) is 24.8. The normalized spacial score (nSPS) is 23.5. The molecular weight excluding hydrogens is 829 g/mol. The van der Waals surface area contributed by atoms with Crippen LogP contribution in [0.4, 0.5) is 0 Å². The van der Waals surface area contributed by atoms with E-state index in [1.807, 2.05) is 57.2 Å². The molecule has 0 aromatic heterocycles. The zero-order chi connectivity index (χ0) is 46.8. The van der Waals surface area contributed by atoms with Crippen molar-refractivity contribution in [2.24, 2.45) is 17.3 Å². The molecule has 1 unspecified atom stereocenters. The van der Waals surface area contributed by atoms with Crippen molar-refractivity contribution in [1.29, 1.82) is 0 Å². The van der Waals surface area contributed by atoms with Crippen molar-refractivity contribution in [2.45, 2.75) is 135 Å². The molecule has 2 saturated heterocycles. The fourth-order valence-electron chi connectivity index (χ4n) is 9.85. The van der Waals surface area contributed by atoms with Crippen molar-refractivity contribution < 1.29 is 28.8 Å². The summed E-state index contributed by atoms with van der Waals surface area (Å²) in [6, 6.07) is 25.7. The molecule has 3 aromatic rings. The second-order valence-electron chi connectivity index (χ2n) is 20.2. The zero-order valence-corrected chi connectivity index (χ0v) is 39.6. The SMILES string of the molecule is CCCCCCCCCCCCNC(=O)[C@@H]1CN(C(=O)c2ccc(C(=O)N3C[C@@H](C(=O)NC4C[C@@H]4c4ccccc4)[C@H](C(=O)N[C@H]4C[C@@H]4c4ccccc4)C3)cc2)CCN1C(=O)C(C)(C)C. The molecule has 2 aliphatic heterocycles. The first-order chi connectivity index (χ1) is 31.8. The number of rotatable bonds is 20. The van der Waals surface area contributed by atoms with Crippen LogP contribution < -0.4 is 16.0 Å². The van der Waals surface area contributed by atoms with Gasteiger partial charge in [0, 0.05) is 73.2 Å². The Kier molecular flexibility index (Phi) is 16.4. The van der Waals surface area contributed by atoms with Crippen LogP contribution in [0.2, 0.25) is 0 Å². The van der Waals surface area contributed by atoms with Gasteiger partial charge in [-0.25, -0.2) is 0 Å². The van der Waals surface area contributed by atoms with Gasteiger partial charge in [0.25, 0.3) is 11.8 Å². The van der Waals surface area contributed by atoms with E-state index in [1.54, 1.807) is 39.0 Å². The second kappa shape index (κ2) is 22.3. The summed E-state index contributed by atoms with van der Waals surface area (Å²) < 4.78 is 0. The number of hydrogen-bond acceptors (Lipinski definition) is 6. The van der Waals surface area contributed by atoms with E-state index in [2.05, 4.69) is 47.1 Å². The molecule has 6 amide bonds. The maximum atomic E-state index is 14.1. The summed E-state index contributed by atoms with van der Waals surface area (Å²) in [7, 11) is 0. The van der Waals surface area contributed by atoms with Gasteiger partial charge >= 0.3 is 0 Å². The molecule has 4 fully saturated rings. The number of benzene rings is 3. The van der Waals surface area contributed by atoms with E-state index in [-0.39, 0.29) is 92.1 Å². The molecule has 12 nitrogen and oxygen atoms in total. The van der Waals surface area contributed by atoms with Crippen LogP contribution in [0.15, 0.2) is 84.9 Å². The highest BCUT2D eigenvalue weighted by Gasteiger charge is 2.49. The average molecular weight is 901 g/mol. The highest BCUT2D eigenvalue weighted by molar-refractivity contribution is 6.00. The quantitative estimate of drug-likeness (QED) is 0.100. The molecule has 3 N–H and O–H groups in total. The molecule has 12 heteroatoms. The Hall–Kier alpha value is -5.52. The van der Waals surface area contributed by atoms with E-state index in [0.717, 1.165) is 32.1 Å². The lowest BCUT2D eigenvalue weighted by Gasteiger charge is -2.42. The highest BCUT2D eigenvalue weighted by atomic mass is 16.2. The summed E-state index contributed by atoms with van der Waals surface area (Å²) in [5.41, 5.74) is 2.34. The van der Waals surface area contributed by atoms with Gasteiger partial charge in [0.15, 0.2) is 0 Å². The molecule has 3 aromatic carbocycles. The molecule has 0 radical (unpaired) electrons. The monoisotopic (exact) mass is 901 g/mol. The number of carbonyl (C=O) groups is 6. The minimum absolute atomic E-state index is 0.0228. The van der Waals surface area contributed by atoms with Gasteiger partial charge in [-0.1, -0.05) is 146 Å². The van der Waals surface area contributed by atoms with Crippen LogP contribution in [0.1, 0.15) is 148 Å². The van der Waals surface area contributed by atoms with Crippen molar-refractivity contribution in [3.63, 3.8) is 0 Å². The van der Waals surface area contributed by atoms with Crippen LogP contribution in [-0.2, 0) is 19.2 Å². The number of amides is 6. The Morgan fingerprint density at radius 1 is 0.545 bits per heavy atom. The van der Waals surface area contributed by atoms with Crippen LogP contribution in [0.3, 0.4) is 0 Å². The first kappa shape index (κ1) is 48.4. The molecule has 354 valence electrons. The van der Waals surface area contributed by atoms with Gasteiger partial charge in [0.1, 0.15) is 6.04 Å². The average Bonchev–Trinajstić information content (AvgIpc) is 4.24. The maximum Gasteiger partial charge on any atom is 0.253 e. The van der Waals surface area contributed by atoms with E-state index in [9.17, 15) is 28.8 Å². The third kappa shape index (κ3) is 12.5. The molecule has 7 atom stereocenters. The molecule has 0 spiro atoms. The van der Waals surface area contributed by atoms with Crippen LogP contribution >= 0.6 is 0 Å². The Morgan fingerprint density at radius 2 is 1.00 bits per heavy atom. The third-order valence-corrected chi connectivity index (χ3v) is 14.1. The molecule has 2 saturated carbocycles. The van der Waals surface area contributed by atoms with Gasteiger partial charge in [0.05, 0.1) is 18.4 Å². The van der Waals surface area contributed by atoms with E-state index >= 15 is 0 Å². The smallest absolute Gasteiger partial charge is 0.253 e. The van der Waals surface area contributed by atoms with Crippen molar-refractivity contribution in [3.8, 4) is 0 Å². The van der Waals surface area contributed by atoms with E-state index in [4.69, 9.17) is 0 Å². The standard InChI is InChI=1S/C54H72N6O6/c1-5-6-7-8-9-10-11-12-13-20-29-55-50(63)47-36-58(30-31-60(47)53(66)54(2,3)4)51(64)39-25-27-40(28-26-39)52(65)59-34-43(48(61)56-45-32-41(45)37-21-16-14-17-22-37)44(35-59)49(62)57-46-33-42(46)38-23-18-15-19-24-38/h14-19,21-28,41-47H,5-13,20,29-36H2,1-4H3,(H,55,63)(H,56,61)(H,57,62)/t41-,42-,43-,44-,45+,46?,47+/m1/s1. The van der Waals surface area contributed by atoms with Crippen LogP contribution in [0, 0.1) is 17.3 Å². The molecule has 2 heterocycles. The fraction of sp³-hybridized carbons (Fsp3) is 0.556. The molecule has 2 aliphatic carbocycles. The summed E-state index contributed by atoms with van der Waals surface area (Å²) in [6.07, 6.45) is 13.6. The predicted molar refractivity (Wildman–Crippen MR) is 257 cm³/mol. The van der Waals surface area contributed by atoms with Crippen molar-refractivity contribution in [1.82, 2.24) is 30.7 Å². The minimum atomic E-state index is -0.822. The van der Waals surface area contributed by atoms with Gasteiger partial charge in [0.2, 0.25) is 23.6 Å². The minimum Gasteiger partial charge on any atom is -0.354 e. The predicted octanol–water partition coefficient (Wildman–Crippen LogP) is 7.46. The van der Waals surface area contributed by atoms with E-state index < -0.39 is 23.3 Å². The van der Waals surface area contributed by atoms with Crippen LogP contribution in [-0.4, -0.2) is 108 Å². The summed E-state index contributed by atoms with van der Waals surface area (Å²) in [5.74, 6) is -2.44. The van der Waals surface area contributed by atoms with Gasteiger partial charge in [-0.05, 0) is 54.7 Å². The maximum absolute atomic E-state index is 14.1. The molecule has 66 heavy (non-hydrogen) atoms. The zero-order valence-electron chi connectivity index (χ0n) is 39.6. The largest absolute Gasteiger partial charge is 0.354 e. The number of unbranched alkanes of at least 4 members (excludes halogenated alkanes) is 9. The fourth-order valence-corrected chi connectivity index (χ4v) is 9.85. The second-order valence-corrected chi connectivity index (χ2v) is 20.2. The number of nitrogens with one attached hydrogen (secondary N) is 3. The summed E-state index contributed by atoms with van der Waals surface area (Å²) in [4.78, 5) is 88.1. The van der Waals surface area contributed by atoms with Crippen molar-refractivity contribution >= 4 is 35.4 Å². The lowest BCUT2D eigenvalue weighted by Crippen LogP contribution is -2.63. The number of likely N-dealkylation sites (tertiary alicyclic amines) is 1. The third-order valence-electron chi connectivity index (χ3n) is 14.1. The van der Waals surface area contributed by atoms with E-state index in [0.29, 0.717) is 17.7 Å². The Bertz CT molecular complexity index is 2070. The molecule has 7 rings (SSSR count). The lowest BCUT2D eigenvalue weighted by molar-refractivity contribution is -0.149. The molecule has 4 aliphatic rings.